The molecule has 0 radical (unpaired) electrons. The molecule has 0 aliphatic carbocycles. The largest absolute Gasteiger partial charge is 0.399 e. The van der Waals surface area contributed by atoms with E-state index in [1.807, 2.05) is 43.1 Å². The summed E-state index contributed by atoms with van der Waals surface area (Å²) in [4.78, 5) is 2.05. The molecule has 2 N–H and O–H groups in total. The maximum Gasteiger partial charge on any atom is 0.0671 e. The van der Waals surface area contributed by atoms with E-state index in [1.165, 1.54) is 0 Å². The fraction of sp³-hybridized carbons (Fsp3) is 0.364. The summed E-state index contributed by atoms with van der Waals surface area (Å²) >= 11 is 0. The van der Waals surface area contributed by atoms with E-state index in [0.717, 1.165) is 17.9 Å². The number of nitriles is 1. The normalized spacial score (nSPS) is 11.8. The van der Waals surface area contributed by atoms with Crippen molar-refractivity contribution in [3.63, 3.8) is 0 Å². The van der Waals surface area contributed by atoms with Gasteiger partial charge in [-0.05, 0) is 31.2 Å². The van der Waals surface area contributed by atoms with E-state index < -0.39 is 0 Å². The highest BCUT2D eigenvalue weighted by molar-refractivity contribution is 5.52. The van der Waals surface area contributed by atoms with Crippen molar-refractivity contribution in [2.24, 2.45) is 5.92 Å². The molecule has 0 saturated carbocycles. The fourth-order valence-electron chi connectivity index (χ4n) is 1.29. The number of rotatable bonds is 3. The zero-order valence-corrected chi connectivity index (χ0v) is 8.57. The summed E-state index contributed by atoms with van der Waals surface area (Å²) in [6.45, 7) is 2.65. The van der Waals surface area contributed by atoms with Crippen molar-refractivity contribution in [1.82, 2.24) is 0 Å². The third-order valence-electron chi connectivity index (χ3n) is 2.10. The van der Waals surface area contributed by atoms with Crippen LogP contribution in [0.15, 0.2) is 24.3 Å². The molecule has 0 heterocycles. The van der Waals surface area contributed by atoms with Crippen LogP contribution in [0, 0.1) is 17.2 Å². The molecule has 0 spiro atoms. The van der Waals surface area contributed by atoms with Crippen molar-refractivity contribution in [1.29, 1.82) is 5.26 Å². The number of nitrogens with zero attached hydrogens (tertiary/aromatic N) is 2. The van der Waals surface area contributed by atoms with Gasteiger partial charge in [0, 0.05) is 25.0 Å². The maximum atomic E-state index is 8.68. The molecule has 14 heavy (non-hydrogen) atoms. The van der Waals surface area contributed by atoms with E-state index in [4.69, 9.17) is 11.0 Å². The Hall–Kier alpha value is -1.69. The van der Waals surface area contributed by atoms with Gasteiger partial charge in [0.15, 0.2) is 0 Å². The van der Waals surface area contributed by atoms with Gasteiger partial charge in [-0.1, -0.05) is 0 Å². The summed E-state index contributed by atoms with van der Waals surface area (Å²) < 4.78 is 0. The molecule has 1 aromatic carbocycles. The summed E-state index contributed by atoms with van der Waals surface area (Å²) in [5.41, 5.74) is 7.43. The van der Waals surface area contributed by atoms with Crippen molar-refractivity contribution < 1.29 is 0 Å². The van der Waals surface area contributed by atoms with Gasteiger partial charge in [0.05, 0.1) is 12.0 Å². The molecule has 74 valence electrons. The van der Waals surface area contributed by atoms with Gasteiger partial charge in [-0.25, -0.2) is 0 Å². The molecule has 0 fully saturated rings. The molecule has 1 atom stereocenters. The van der Waals surface area contributed by atoms with Gasteiger partial charge in [0.1, 0.15) is 0 Å². The first-order chi connectivity index (χ1) is 6.63. The van der Waals surface area contributed by atoms with E-state index in [0.29, 0.717) is 0 Å². The van der Waals surface area contributed by atoms with Gasteiger partial charge >= 0.3 is 0 Å². The molecular formula is C11H15N3. The number of nitrogens with two attached hydrogens (primary N) is 1. The van der Waals surface area contributed by atoms with Crippen LogP contribution in [0.3, 0.4) is 0 Å². The second kappa shape index (κ2) is 4.52. The Morgan fingerprint density at radius 1 is 1.43 bits per heavy atom. The first kappa shape index (κ1) is 10.4. The van der Waals surface area contributed by atoms with Crippen molar-refractivity contribution in [2.75, 3.05) is 24.2 Å². The third-order valence-corrected chi connectivity index (χ3v) is 2.10. The van der Waals surface area contributed by atoms with Crippen LogP contribution in [0.4, 0.5) is 11.4 Å². The van der Waals surface area contributed by atoms with Crippen molar-refractivity contribution in [3.05, 3.63) is 24.3 Å². The van der Waals surface area contributed by atoms with Crippen molar-refractivity contribution in [3.8, 4) is 6.07 Å². The second-order valence-corrected chi connectivity index (χ2v) is 3.50. The Labute approximate surface area is 84.7 Å². The lowest BCUT2D eigenvalue weighted by molar-refractivity contribution is 0.716. The minimum atomic E-state index is 0.0394. The van der Waals surface area contributed by atoms with Crippen LogP contribution in [0.2, 0.25) is 0 Å². The Morgan fingerprint density at radius 3 is 2.50 bits per heavy atom. The SMILES string of the molecule is CC(C#N)CN(C)c1ccc(N)cc1. The van der Waals surface area contributed by atoms with Gasteiger partial charge in [0.25, 0.3) is 0 Å². The van der Waals surface area contributed by atoms with Gasteiger partial charge in [-0.15, -0.1) is 0 Å². The molecular weight excluding hydrogens is 174 g/mol. The molecule has 0 aromatic heterocycles. The fourth-order valence-corrected chi connectivity index (χ4v) is 1.29. The van der Waals surface area contributed by atoms with Crippen LogP contribution in [0.5, 0.6) is 0 Å². The average molecular weight is 189 g/mol. The lowest BCUT2D eigenvalue weighted by atomic mass is 10.2. The minimum Gasteiger partial charge on any atom is -0.399 e. The number of nitrogen functional groups attached to an aromatic ring is 1. The van der Waals surface area contributed by atoms with E-state index in [9.17, 15) is 0 Å². The molecule has 1 rings (SSSR count). The van der Waals surface area contributed by atoms with Crippen LogP contribution in [-0.4, -0.2) is 13.6 Å². The molecule has 3 heteroatoms. The highest BCUT2D eigenvalue weighted by Crippen LogP contribution is 2.15. The number of hydrogen-bond donors (Lipinski definition) is 1. The summed E-state index contributed by atoms with van der Waals surface area (Å²) in [6.07, 6.45) is 0. The first-order valence-corrected chi connectivity index (χ1v) is 4.59. The molecule has 0 amide bonds. The van der Waals surface area contributed by atoms with Crippen LogP contribution < -0.4 is 10.6 Å². The maximum absolute atomic E-state index is 8.68. The highest BCUT2D eigenvalue weighted by atomic mass is 15.1. The quantitative estimate of drug-likeness (QED) is 0.738. The van der Waals surface area contributed by atoms with E-state index in [-0.39, 0.29) is 5.92 Å². The van der Waals surface area contributed by atoms with E-state index >= 15 is 0 Å². The third kappa shape index (κ3) is 2.67. The standard InChI is InChI=1S/C11H15N3/c1-9(7-12)8-14(2)11-5-3-10(13)4-6-11/h3-6,9H,8,13H2,1-2H3. The van der Waals surface area contributed by atoms with Gasteiger partial charge in [-0.2, -0.15) is 5.26 Å². The summed E-state index contributed by atoms with van der Waals surface area (Å²) in [7, 11) is 1.97. The van der Waals surface area contributed by atoms with Gasteiger partial charge < -0.3 is 10.6 Å². The smallest absolute Gasteiger partial charge is 0.0671 e. The molecule has 1 aromatic rings. The Kier molecular flexibility index (Phi) is 3.35. The van der Waals surface area contributed by atoms with Gasteiger partial charge in [-0.3, -0.25) is 0 Å². The van der Waals surface area contributed by atoms with Crippen molar-refractivity contribution in [2.45, 2.75) is 6.92 Å². The minimum absolute atomic E-state index is 0.0394. The van der Waals surface area contributed by atoms with Crippen LogP contribution in [-0.2, 0) is 0 Å². The molecule has 1 unspecified atom stereocenters. The Morgan fingerprint density at radius 2 is 2.00 bits per heavy atom. The van der Waals surface area contributed by atoms with Crippen molar-refractivity contribution >= 4 is 11.4 Å². The predicted octanol–water partition coefficient (Wildman–Crippen LogP) is 1.86. The topological polar surface area (TPSA) is 53.0 Å². The Balaban J connectivity index is 2.66. The summed E-state index contributed by atoms with van der Waals surface area (Å²) in [6, 6.07) is 9.85. The predicted molar refractivity (Wildman–Crippen MR) is 58.9 cm³/mol. The van der Waals surface area contributed by atoms with E-state index in [2.05, 4.69) is 6.07 Å². The van der Waals surface area contributed by atoms with E-state index in [1.54, 1.807) is 0 Å². The zero-order chi connectivity index (χ0) is 10.6. The summed E-state index contributed by atoms with van der Waals surface area (Å²) in [5, 5.41) is 8.68. The van der Waals surface area contributed by atoms with Crippen LogP contribution >= 0.6 is 0 Å². The second-order valence-electron chi connectivity index (χ2n) is 3.50. The first-order valence-electron chi connectivity index (χ1n) is 4.59. The van der Waals surface area contributed by atoms with Gasteiger partial charge in [0.2, 0.25) is 0 Å². The zero-order valence-electron chi connectivity index (χ0n) is 8.57. The van der Waals surface area contributed by atoms with Crippen LogP contribution in [0.1, 0.15) is 6.92 Å². The van der Waals surface area contributed by atoms with Crippen LogP contribution in [0.25, 0.3) is 0 Å². The monoisotopic (exact) mass is 189 g/mol. The lowest BCUT2D eigenvalue weighted by Gasteiger charge is -2.20. The molecule has 0 saturated heterocycles. The molecule has 0 aliphatic rings. The highest BCUT2D eigenvalue weighted by Gasteiger charge is 2.05. The lowest BCUT2D eigenvalue weighted by Crippen LogP contribution is -2.22. The average Bonchev–Trinajstić information content (AvgIpc) is 2.18. The number of anilines is 2. The molecule has 3 nitrogen and oxygen atoms in total. The number of hydrogen-bond acceptors (Lipinski definition) is 3. The number of benzene rings is 1. The molecule has 0 bridgehead atoms. The molecule has 0 aliphatic heterocycles. The Bertz CT molecular complexity index is 323. The summed E-state index contributed by atoms with van der Waals surface area (Å²) in [5.74, 6) is 0.0394.